The SMILES string of the molecule is [CH2]CCC.[CH2]CCC.[O-2].[Sn+2]. The van der Waals surface area contributed by atoms with Gasteiger partial charge >= 0.3 is 23.9 Å². The first-order valence-electron chi connectivity index (χ1n) is 3.41. The second-order valence-corrected chi connectivity index (χ2v) is 1.71. The Morgan fingerprint density at radius 1 is 0.900 bits per heavy atom. The molecule has 0 aromatic rings. The Bertz CT molecular complexity index is 17.2. The summed E-state index contributed by atoms with van der Waals surface area (Å²) >= 11 is 0. The first kappa shape index (κ1) is 22.4. The van der Waals surface area contributed by atoms with E-state index in [4.69, 9.17) is 0 Å². The van der Waals surface area contributed by atoms with Gasteiger partial charge in [-0.3, -0.25) is 0 Å². The summed E-state index contributed by atoms with van der Waals surface area (Å²) in [7, 11) is 0. The molecule has 10 heavy (non-hydrogen) atoms. The zero-order chi connectivity index (χ0) is 6.83. The third-order valence-electron chi connectivity index (χ3n) is 0.707. The minimum absolute atomic E-state index is 0. The zero-order valence-electron chi connectivity index (χ0n) is 7.15. The van der Waals surface area contributed by atoms with E-state index in [1.54, 1.807) is 0 Å². The second-order valence-electron chi connectivity index (χ2n) is 1.71. The normalized spacial score (nSPS) is 6.00. The molecule has 0 aliphatic rings. The molecule has 0 aliphatic heterocycles. The van der Waals surface area contributed by atoms with Crippen molar-refractivity contribution in [3.63, 3.8) is 0 Å². The van der Waals surface area contributed by atoms with Crippen LogP contribution in [-0.2, 0) is 5.48 Å². The van der Waals surface area contributed by atoms with Gasteiger partial charge in [-0.25, -0.2) is 0 Å². The van der Waals surface area contributed by atoms with E-state index in [1.165, 1.54) is 12.8 Å². The number of unbranched alkanes of at least 4 members (excludes halogenated alkanes) is 2. The Labute approximate surface area is 82.9 Å². The maximum Gasteiger partial charge on any atom is 2.00 e. The van der Waals surface area contributed by atoms with Crippen LogP contribution in [0.2, 0.25) is 0 Å². The van der Waals surface area contributed by atoms with Crippen LogP contribution in [0.5, 0.6) is 0 Å². The topological polar surface area (TPSA) is 28.5 Å². The molecule has 0 aliphatic carbocycles. The maximum atomic E-state index is 3.60. The fourth-order valence-corrected chi connectivity index (χ4v) is 0. The molecule has 0 unspecified atom stereocenters. The summed E-state index contributed by atoms with van der Waals surface area (Å²) in [5.41, 5.74) is 0. The fraction of sp³-hybridized carbons (Fsp3) is 0.750. The van der Waals surface area contributed by atoms with Crippen molar-refractivity contribution in [3.8, 4) is 0 Å². The second kappa shape index (κ2) is 33.1. The van der Waals surface area contributed by atoms with E-state index < -0.39 is 0 Å². The van der Waals surface area contributed by atoms with E-state index >= 15 is 0 Å². The van der Waals surface area contributed by atoms with E-state index in [9.17, 15) is 0 Å². The van der Waals surface area contributed by atoms with Crippen molar-refractivity contribution in [3.05, 3.63) is 13.8 Å². The predicted octanol–water partition coefficient (Wildman–Crippen LogP) is 2.74. The summed E-state index contributed by atoms with van der Waals surface area (Å²) in [4.78, 5) is 0. The molecule has 0 N–H and O–H groups in total. The monoisotopic (exact) mass is 250 g/mol. The minimum Gasteiger partial charge on any atom is -2.00 e. The van der Waals surface area contributed by atoms with Crippen LogP contribution in [0.15, 0.2) is 0 Å². The predicted molar refractivity (Wildman–Crippen MR) is 47.0 cm³/mol. The molecule has 60 valence electrons. The summed E-state index contributed by atoms with van der Waals surface area (Å²) in [6, 6.07) is 0. The van der Waals surface area contributed by atoms with Crippen molar-refractivity contribution in [2.75, 3.05) is 0 Å². The molecule has 2 heteroatoms. The third-order valence-corrected chi connectivity index (χ3v) is 0.707. The van der Waals surface area contributed by atoms with Crippen LogP contribution in [0.1, 0.15) is 39.5 Å². The molecule has 0 saturated carbocycles. The van der Waals surface area contributed by atoms with E-state index in [2.05, 4.69) is 27.7 Å². The van der Waals surface area contributed by atoms with Crippen LogP contribution in [-0.4, -0.2) is 23.9 Å². The molecule has 0 fully saturated rings. The third kappa shape index (κ3) is 69.3. The molecule has 0 saturated heterocycles. The van der Waals surface area contributed by atoms with Gasteiger partial charge in [0.05, 0.1) is 0 Å². The molecule has 0 aromatic carbocycles. The van der Waals surface area contributed by atoms with Crippen molar-refractivity contribution in [2.45, 2.75) is 39.5 Å². The summed E-state index contributed by atoms with van der Waals surface area (Å²) in [5.74, 6) is 0. The summed E-state index contributed by atoms with van der Waals surface area (Å²) in [6.07, 6.45) is 4.56. The van der Waals surface area contributed by atoms with Crippen LogP contribution in [0.25, 0.3) is 0 Å². The Balaban J connectivity index is -0.0000000300. The van der Waals surface area contributed by atoms with Gasteiger partial charge in [0, 0.05) is 0 Å². The van der Waals surface area contributed by atoms with E-state index in [0.717, 1.165) is 12.8 Å². The smallest absolute Gasteiger partial charge is 2.00 e. The largest absolute Gasteiger partial charge is 2.00 e. The van der Waals surface area contributed by atoms with Crippen molar-refractivity contribution in [2.24, 2.45) is 0 Å². The Kier molecular flexibility index (Phi) is 74.2. The Hall–Kier alpha value is 0.759. The molecule has 0 aromatic heterocycles. The Morgan fingerprint density at radius 2 is 1.00 bits per heavy atom. The van der Waals surface area contributed by atoms with Gasteiger partial charge in [-0.1, -0.05) is 53.4 Å². The number of rotatable bonds is 2. The van der Waals surface area contributed by atoms with Gasteiger partial charge < -0.3 is 5.48 Å². The van der Waals surface area contributed by atoms with Crippen molar-refractivity contribution in [1.82, 2.24) is 0 Å². The summed E-state index contributed by atoms with van der Waals surface area (Å²) in [6.45, 7) is 11.4. The van der Waals surface area contributed by atoms with Gasteiger partial charge in [0.25, 0.3) is 0 Å². The molecule has 0 spiro atoms. The molecule has 0 bridgehead atoms. The van der Waals surface area contributed by atoms with Gasteiger partial charge in [0.1, 0.15) is 0 Å². The molecule has 0 rings (SSSR count). The fourth-order valence-electron chi connectivity index (χ4n) is 0. The first-order chi connectivity index (χ1) is 3.83. The molecular formula is C8H18OSn. The van der Waals surface area contributed by atoms with Crippen LogP contribution in [0.3, 0.4) is 0 Å². The quantitative estimate of drug-likeness (QED) is 0.673. The molecule has 0 atom stereocenters. The average Bonchev–Trinajstić information content (AvgIpc) is 1.88. The molecule has 0 amide bonds. The van der Waals surface area contributed by atoms with Crippen LogP contribution in [0, 0.1) is 13.8 Å². The average molecular weight is 249 g/mol. The summed E-state index contributed by atoms with van der Waals surface area (Å²) < 4.78 is 0. The van der Waals surface area contributed by atoms with Crippen molar-refractivity contribution >= 4 is 23.9 Å². The van der Waals surface area contributed by atoms with E-state index in [1.807, 2.05) is 0 Å². The van der Waals surface area contributed by atoms with Gasteiger partial charge in [-0.15, -0.1) is 0 Å². The van der Waals surface area contributed by atoms with Crippen LogP contribution < -0.4 is 0 Å². The van der Waals surface area contributed by atoms with Gasteiger partial charge in [-0.05, 0) is 0 Å². The van der Waals surface area contributed by atoms with Gasteiger partial charge in [0.2, 0.25) is 0 Å². The first-order valence-corrected chi connectivity index (χ1v) is 3.41. The zero-order valence-corrected chi connectivity index (χ0v) is 10.0. The van der Waals surface area contributed by atoms with Crippen molar-refractivity contribution < 1.29 is 5.48 Å². The molecule has 0 heterocycles. The van der Waals surface area contributed by atoms with Crippen LogP contribution >= 0.6 is 0 Å². The van der Waals surface area contributed by atoms with E-state index in [-0.39, 0.29) is 29.4 Å². The maximum absolute atomic E-state index is 3.60. The van der Waals surface area contributed by atoms with Gasteiger partial charge in [0.15, 0.2) is 0 Å². The standard InChI is InChI=1S/2C4H9.O.Sn/c2*1-3-4-2;;/h2*1,3-4H2,2H3;;/q;;-2;+2. The Morgan fingerprint density at radius 3 is 1.00 bits per heavy atom. The molecule has 4 radical (unpaired) electrons. The summed E-state index contributed by atoms with van der Waals surface area (Å²) in [5, 5.41) is 0. The number of hydrogen-bond acceptors (Lipinski definition) is 0. The molecule has 1 nitrogen and oxygen atoms in total. The minimum atomic E-state index is 0. The number of hydrogen-bond donors (Lipinski definition) is 0. The van der Waals surface area contributed by atoms with Crippen molar-refractivity contribution in [1.29, 1.82) is 0 Å². The molecular weight excluding hydrogens is 231 g/mol. The van der Waals surface area contributed by atoms with Gasteiger partial charge in [-0.2, -0.15) is 0 Å². The van der Waals surface area contributed by atoms with E-state index in [0.29, 0.717) is 0 Å². The van der Waals surface area contributed by atoms with Crippen LogP contribution in [0.4, 0.5) is 0 Å².